The van der Waals surface area contributed by atoms with Gasteiger partial charge >= 0.3 is 5.97 Å². The van der Waals surface area contributed by atoms with Crippen LogP contribution in [0.5, 0.6) is 0 Å². The van der Waals surface area contributed by atoms with E-state index in [4.69, 9.17) is 9.84 Å². The summed E-state index contributed by atoms with van der Waals surface area (Å²) in [4.78, 5) is 11.0. The number of esters is 1. The molecule has 0 unspecified atom stereocenters. The second-order valence-corrected chi connectivity index (χ2v) is 3.05. The van der Waals surface area contributed by atoms with Gasteiger partial charge in [0.1, 0.15) is 18.3 Å². The zero-order valence-electron chi connectivity index (χ0n) is 7.79. The van der Waals surface area contributed by atoms with Gasteiger partial charge in [0.15, 0.2) is 6.10 Å². The summed E-state index contributed by atoms with van der Waals surface area (Å²) in [5.74, 6) is -0.856. The molecule has 0 aromatic carbocycles. The third-order valence-corrected chi connectivity index (χ3v) is 2.03. The van der Waals surface area contributed by atoms with Crippen LogP contribution >= 0.6 is 0 Å². The fraction of sp³-hybridized carbons (Fsp3) is 0.875. The van der Waals surface area contributed by atoms with E-state index < -0.39 is 30.4 Å². The Labute approximate surface area is 81.1 Å². The van der Waals surface area contributed by atoms with Gasteiger partial charge in [-0.05, 0) is 6.92 Å². The van der Waals surface area contributed by atoms with Gasteiger partial charge in [-0.15, -0.1) is 0 Å². The summed E-state index contributed by atoms with van der Waals surface area (Å²) in [5.41, 5.74) is 0. The Hall–Kier alpha value is -0.690. The number of carbonyl (C=O) groups is 1. The van der Waals surface area contributed by atoms with E-state index in [9.17, 15) is 15.0 Å². The number of aliphatic hydroxyl groups excluding tert-OH is 3. The highest BCUT2D eigenvalue weighted by Crippen LogP contribution is 2.18. The van der Waals surface area contributed by atoms with Crippen LogP contribution in [0.1, 0.15) is 6.92 Å². The van der Waals surface area contributed by atoms with Crippen molar-refractivity contribution >= 4 is 5.97 Å². The quantitative estimate of drug-likeness (QED) is 0.464. The Morgan fingerprint density at radius 2 is 2.29 bits per heavy atom. The lowest BCUT2D eigenvalue weighted by atomic mass is 10.1. The van der Waals surface area contributed by atoms with Gasteiger partial charge in [0.2, 0.25) is 0 Å². The molecule has 0 radical (unpaired) electrons. The molecule has 82 valence electrons. The lowest BCUT2D eigenvalue weighted by Crippen LogP contribution is -2.43. The van der Waals surface area contributed by atoms with Crippen LogP contribution in [0.4, 0.5) is 0 Å². The van der Waals surface area contributed by atoms with Crippen molar-refractivity contribution in [2.45, 2.75) is 31.3 Å². The first kappa shape index (κ1) is 11.4. The predicted octanol–water partition coefficient (Wildman–Crippen LogP) is -1.97. The normalized spacial score (nSPS) is 34.1. The van der Waals surface area contributed by atoms with E-state index in [2.05, 4.69) is 4.74 Å². The van der Waals surface area contributed by atoms with Crippen molar-refractivity contribution in [1.82, 2.24) is 0 Å². The highest BCUT2D eigenvalue weighted by Gasteiger charge is 2.42. The number of hydrogen-bond acceptors (Lipinski definition) is 6. The molecule has 1 fully saturated rings. The van der Waals surface area contributed by atoms with Crippen LogP contribution in [0.2, 0.25) is 0 Å². The third-order valence-electron chi connectivity index (χ3n) is 2.03. The van der Waals surface area contributed by atoms with Crippen LogP contribution in [-0.2, 0) is 14.3 Å². The average Bonchev–Trinajstić information content (AvgIpc) is 2.47. The van der Waals surface area contributed by atoms with Gasteiger partial charge < -0.3 is 24.8 Å². The van der Waals surface area contributed by atoms with Gasteiger partial charge in [-0.3, -0.25) is 0 Å². The Bertz CT molecular complexity index is 206. The van der Waals surface area contributed by atoms with E-state index in [1.807, 2.05) is 0 Å². The van der Waals surface area contributed by atoms with Crippen molar-refractivity contribution in [3.05, 3.63) is 0 Å². The van der Waals surface area contributed by atoms with Gasteiger partial charge in [0, 0.05) is 0 Å². The van der Waals surface area contributed by atoms with Crippen molar-refractivity contribution in [1.29, 1.82) is 0 Å². The fourth-order valence-electron chi connectivity index (χ4n) is 1.27. The zero-order chi connectivity index (χ0) is 10.7. The molecule has 3 N–H and O–H groups in total. The van der Waals surface area contributed by atoms with Gasteiger partial charge in [-0.2, -0.15) is 0 Å². The van der Waals surface area contributed by atoms with E-state index in [0.717, 1.165) is 0 Å². The maximum Gasteiger partial charge on any atom is 0.337 e. The Kier molecular flexibility index (Phi) is 3.82. The molecule has 6 nitrogen and oxygen atoms in total. The van der Waals surface area contributed by atoms with Crippen LogP contribution in [0.3, 0.4) is 0 Å². The molecule has 0 saturated carbocycles. The first-order valence-corrected chi connectivity index (χ1v) is 4.40. The highest BCUT2D eigenvalue weighted by molar-refractivity contribution is 5.75. The number of aliphatic hydroxyl groups is 3. The fourth-order valence-corrected chi connectivity index (χ4v) is 1.27. The van der Waals surface area contributed by atoms with Crippen LogP contribution in [-0.4, -0.2) is 58.9 Å². The Morgan fingerprint density at radius 3 is 2.71 bits per heavy atom. The second-order valence-electron chi connectivity index (χ2n) is 3.05. The predicted molar refractivity (Wildman–Crippen MR) is 44.4 cm³/mol. The standard InChI is InChI=1S/C8H14O6/c1-2-13-8(12)6(11)7-5(10)4(9)3-14-7/h4-7,9-11H,2-3H2,1H3/t4-,5+,6-,7+/m1/s1. The minimum Gasteiger partial charge on any atom is -0.464 e. The molecule has 1 aliphatic rings. The molecule has 0 spiro atoms. The molecular weight excluding hydrogens is 192 g/mol. The van der Waals surface area contributed by atoms with E-state index in [0.29, 0.717) is 0 Å². The summed E-state index contributed by atoms with van der Waals surface area (Å²) in [7, 11) is 0. The Morgan fingerprint density at radius 1 is 1.64 bits per heavy atom. The van der Waals surface area contributed by atoms with E-state index in [1.165, 1.54) is 0 Å². The lowest BCUT2D eigenvalue weighted by molar-refractivity contribution is -0.163. The van der Waals surface area contributed by atoms with Crippen LogP contribution in [0.25, 0.3) is 0 Å². The molecule has 1 heterocycles. The van der Waals surface area contributed by atoms with Crippen LogP contribution in [0.15, 0.2) is 0 Å². The minimum atomic E-state index is -1.55. The molecule has 0 bridgehead atoms. The molecule has 4 atom stereocenters. The number of rotatable bonds is 3. The van der Waals surface area contributed by atoms with Gasteiger partial charge in [0.25, 0.3) is 0 Å². The molecule has 0 amide bonds. The third kappa shape index (κ3) is 2.21. The summed E-state index contributed by atoms with van der Waals surface area (Å²) >= 11 is 0. The number of ether oxygens (including phenoxy) is 2. The molecule has 14 heavy (non-hydrogen) atoms. The monoisotopic (exact) mass is 206 g/mol. The van der Waals surface area contributed by atoms with Gasteiger partial charge in [-0.25, -0.2) is 4.79 Å². The Balaban J connectivity index is 2.52. The second kappa shape index (κ2) is 4.70. The summed E-state index contributed by atoms with van der Waals surface area (Å²) in [5, 5.41) is 27.8. The molecule has 0 aromatic heterocycles. The average molecular weight is 206 g/mol. The largest absolute Gasteiger partial charge is 0.464 e. The molecule has 1 aliphatic heterocycles. The number of hydrogen-bond donors (Lipinski definition) is 3. The topological polar surface area (TPSA) is 96.2 Å². The first-order chi connectivity index (χ1) is 6.57. The maximum atomic E-state index is 11.0. The van der Waals surface area contributed by atoms with E-state index in [-0.39, 0.29) is 13.2 Å². The summed E-state index contributed by atoms with van der Waals surface area (Å²) in [6, 6.07) is 0. The van der Waals surface area contributed by atoms with Gasteiger partial charge in [0.05, 0.1) is 13.2 Å². The van der Waals surface area contributed by atoms with Crippen molar-refractivity contribution in [2.75, 3.05) is 13.2 Å². The van der Waals surface area contributed by atoms with E-state index >= 15 is 0 Å². The number of carbonyl (C=O) groups excluding carboxylic acids is 1. The maximum absolute atomic E-state index is 11.0. The van der Waals surface area contributed by atoms with Crippen molar-refractivity contribution in [3.63, 3.8) is 0 Å². The smallest absolute Gasteiger partial charge is 0.337 e. The van der Waals surface area contributed by atoms with Crippen molar-refractivity contribution in [3.8, 4) is 0 Å². The molecule has 6 heteroatoms. The zero-order valence-corrected chi connectivity index (χ0v) is 7.79. The summed E-state index contributed by atoms with van der Waals surface area (Å²) < 4.78 is 9.39. The van der Waals surface area contributed by atoms with E-state index in [1.54, 1.807) is 6.92 Å². The minimum absolute atomic E-state index is 0.0949. The van der Waals surface area contributed by atoms with Crippen molar-refractivity contribution < 1.29 is 29.6 Å². The molecule has 1 rings (SSSR count). The first-order valence-electron chi connectivity index (χ1n) is 4.40. The molecular formula is C8H14O6. The van der Waals surface area contributed by atoms with Crippen molar-refractivity contribution in [2.24, 2.45) is 0 Å². The SMILES string of the molecule is CCOC(=O)[C@H](O)[C@H]1OC[C@@H](O)[C@@H]1O. The molecule has 0 aromatic rings. The molecule has 0 aliphatic carbocycles. The lowest BCUT2D eigenvalue weighted by Gasteiger charge is -2.19. The summed E-state index contributed by atoms with van der Waals surface area (Å²) in [6.45, 7) is 1.65. The summed E-state index contributed by atoms with van der Waals surface area (Å²) in [6.07, 6.45) is -4.98. The van der Waals surface area contributed by atoms with Crippen LogP contribution in [0, 0.1) is 0 Å². The highest BCUT2D eigenvalue weighted by atomic mass is 16.6. The molecule has 1 saturated heterocycles. The van der Waals surface area contributed by atoms with Gasteiger partial charge in [-0.1, -0.05) is 0 Å². The van der Waals surface area contributed by atoms with Crippen LogP contribution < -0.4 is 0 Å².